The largest absolute Gasteiger partial charge is 0.327 e. The van der Waals surface area contributed by atoms with E-state index in [1.54, 1.807) is 0 Å². The Bertz CT molecular complexity index is 167. The van der Waals surface area contributed by atoms with E-state index in [-0.39, 0.29) is 0 Å². The second kappa shape index (κ2) is 6.20. The molecule has 0 bridgehead atoms. The molecule has 0 radical (unpaired) electrons. The summed E-state index contributed by atoms with van der Waals surface area (Å²) in [6.45, 7) is 7.81. The van der Waals surface area contributed by atoms with Crippen molar-refractivity contribution in [3.8, 4) is 0 Å². The van der Waals surface area contributed by atoms with Crippen LogP contribution in [0.4, 0.5) is 0 Å². The van der Waals surface area contributed by atoms with Crippen LogP contribution in [0.3, 0.4) is 0 Å². The van der Waals surface area contributed by atoms with E-state index in [2.05, 4.69) is 30.9 Å². The predicted molar refractivity (Wildman–Crippen MR) is 62.2 cm³/mol. The van der Waals surface area contributed by atoms with Gasteiger partial charge < -0.3 is 10.6 Å². The topological polar surface area (TPSA) is 29.3 Å². The molecular formula is C12H24N2. The Morgan fingerprint density at radius 1 is 1.29 bits per heavy atom. The van der Waals surface area contributed by atoms with Crippen LogP contribution in [-0.2, 0) is 0 Å². The summed E-state index contributed by atoms with van der Waals surface area (Å²) in [6, 6.07) is 0.718. The first-order valence-corrected chi connectivity index (χ1v) is 5.83. The zero-order chi connectivity index (χ0) is 10.4. The van der Waals surface area contributed by atoms with Crippen LogP contribution in [0, 0.1) is 5.92 Å². The maximum absolute atomic E-state index is 5.41. The number of allylic oxidation sites excluding steroid dienone is 1. The minimum Gasteiger partial charge on any atom is -0.327 e. The van der Waals surface area contributed by atoms with Gasteiger partial charge in [0.15, 0.2) is 0 Å². The monoisotopic (exact) mass is 196 g/mol. The lowest BCUT2D eigenvalue weighted by Gasteiger charge is -2.34. The summed E-state index contributed by atoms with van der Waals surface area (Å²) in [6.07, 6.45) is 8.26. The van der Waals surface area contributed by atoms with Gasteiger partial charge in [0.25, 0.3) is 0 Å². The van der Waals surface area contributed by atoms with Gasteiger partial charge >= 0.3 is 0 Å². The van der Waals surface area contributed by atoms with Gasteiger partial charge in [-0.2, -0.15) is 0 Å². The molecule has 1 aliphatic heterocycles. The second-order valence-electron chi connectivity index (χ2n) is 4.52. The lowest BCUT2D eigenvalue weighted by Crippen LogP contribution is -2.38. The van der Waals surface area contributed by atoms with Gasteiger partial charge in [-0.05, 0) is 52.1 Å². The van der Waals surface area contributed by atoms with Gasteiger partial charge in [-0.1, -0.05) is 12.2 Å². The standard InChI is InChI=1S/C12H24N2/c1-11(2)14-9-6-12(7-10-14)5-3-4-8-13/h3-4,11-12H,5-10,13H2,1-2H3/b4-3-. The Morgan fingerprint density at radius 3 is 2.43 bits per heavy atom. The summed E-state index contributed by atoms with van der Waals surface area (Å²) in [7, 11) is 0. The van der Waals surface area contributed by atoms with E-state index >= 15 is 0 Å². The van der Waals surface area contributed by atoms with Gasteiger partial charge in [0.1, 0.15) is 0 Å². The number of nitrogens with two attached hydrogens (primary N) is 1. The molecule has 0 aromatic carbocycles. The average Bonchev–Trinajstić information content (AvgIpc) is 2.19. The van der Waals surface area contributed by atoms with Gasteiger partial charge in [0, 0.05) is 12.6 Å². The van der Waals surface area contributed by atoms with Crippen molar-refractivity contribution >= 4 is 0 Å². The van der Waals surface area contributed by atoms with E-state index in [4.69, 9.17) is 5.73 Å². The van der Waals surface area contributed by atoms with Crippen molar-refractivity contribution in [2.75, 3.05) is 19.6 Å². The maximum atomic E-state index is 5.41. The molecule has 1 saturated heterocycles. The predicted octanol–water partition coefficient (Wildman–Crippen LogP) is 2.01. The molecule has 0 aliphatic carbocycles. The summed E-state index contributed by atoms with van der Waals surface area (Å²) in [5, 5.41) is 0. The molecule has 0 atom stereocenters. The summed E-state index contributed by atoms with van der Waals surface area (Å²) >= 11 is 0. The van der Waals surface area contributed by atoms with E-state index in [0.717, 1.165) is 12.0 Å². The molecule has 1 rings (SSSR count). The van der Waals surface area contributed by atoms with E-state index in [9.17, 15) is 0 Å². The normalized spacial score (nSPS) is 21.1. The van der Waals surface area contributed by atoms with E-state index in [1.807, 2.05) is 0 Å². The molecule has 2 heteroatoms. The summed E-state index contributed by atoms with van der Waals surface area (Å²) in [5.41, 5.74) is 5.41. The van der Waals surface area contributed by atoms with Crippen LogP contribution in [0.15, 0.2) is 12.2 Å². The maximum Gasteiger partial charge on any atom is 0.0106 e. The van der Waals surface area contributed by atoms with Gasteiger partial charge in [0.05, 0.1) is 0 Å². The minimum absolute atomic E-state index is 0.685. The van der Waals surface area contributed by atoms with Gasteiger partial charge in [0.2, 0.25) is 0 Å². The van der Waals surface area contributed by atoms with Crippen LogP contribution in [0.5, 0.6) is 0 Å². The van der Waals surface area contributed by atoms with E-state index in [0.29, 0.717) is 6.54 Å². The summed E-state index contributed by atoms with van der Waals surface area (Å²) < 4.78 is 0. The average molecular weight is 196 g/mol. The number of likely N-dealkylation sites (tertiary alicyclic amines) is 1. The number of rotatable bonds is 4. The third-order valence-corrected chi connectivity index (χ3v) is 3.15. The number of nitrogens with zero attached hydrogens (tertiary/aromatic N) is 1. The SMILES string of the molecule is CC(C)N1CCC(C/C=C\CN)CC1. The van der Waals surface area contributed by atoms with Gasteiger partial charge in [-0.3, -0.25) is 0 Å². The molecule has 1 heterocycles. The molecule has 0 saturated carbocycles. The first-order valence-electron chi connectivity index (χ1n) is 5.83. The van der Waals surface area contributed by atoms with Crippen LogP contribution in [-0.4, -0.2) is 30.6 Å². The lowest BCUT2D eigenvalue weighted by molar-refractivity contribution is 0.150. The number of hydrogen-bond donors (Lipinski definition) is 1. The van der Waals surface area contributed by atoms with Gasteiger partial charge in [-0.25, -0.2) is 0 Å². The molecule has 14 heavy (non-hydrogen) atoms. The minimum atomic E-state index is 0.685. The van der Waals surface area contributed by atoms with Crippen LogP contribution in [0.25, 0.3) is 0 Å². The third kappa shape index (κ3) is 3.81. The Balaban J connectivity index is 2.19. The quantitative estimate of drug-likeness (QED) is 0.697. The second-order valence-corrected chi connectivity index (χ2v) is 4.52. The van der Waals surface area contributed by atoms with E-state index in [1.165, 1.54) is 32.4 Å². The van der Waals surface area contributed by atoms with E-state index < -0.39 is 0 Å². The highest BCUT2D eigenvalue weighted by molar-refractivity contribution is 4.86. The molecule has 1 aliphatic rings. The fourth-order valence-electron chi connectivity index (χ4n) is 2.09. The molecule has 0 amide bonds. The third-order valence-electron chi connectivity index (χ3n) is 3.15. The Hall–Kier alpha value is -0.340. The van der Waals surface area contributed by atoms with Crippen molar-refractivity contribution in [3.63, 3.8) is 0 Å². The number of hydrogen-bond acceptors (Lipinski definition) is 2. The lowest BCUT2D eigenvalue weighted by atomic mass is 9.93. The smallest absolute Gasteiger partial charge is 0.0106 e. The Morgan fingerprint density at radius 2 is 1.93 bits per heavy atom. The molecule has 1 fully saturated rings. The van der Waals surface area contributed by atoms with Crippen LogP contribution < -0.4 is 5.73 Å². The molecule has 0 aromatic heterocycles. The van der Waals surface area contributed by atoms with Crippen molar-refractivity contribution < 1.29 is 0 Å². The highest BCUT2D eigenvalue weighted by Gasteiger charge is 2.19. The zero-order valence-corrected chi connectivity index (χ0v) is 9.58. The van der Waals surface area contributed by atoms with Crippen molar-refractivity contribution in [1.82, 2.24) is 4.90 Å². The molecule has 0 unspecified atom stereocenters. The zero-order valence-electron chi connectivity index (χ0n) is 9.58. The first kappa shape index (κ1) is 11.7. The molecule has 0 aromatic rings. The van der Waals surface area contributed by atoms with Crippen molar-refractivity contribution in [2.24, 2.45) is 11.7 Å². The molecule has 82 valence electrons. The van der Waals surface area contributed by atoms with Crippen molar-refractivity contribution in [1.29, 1.82) is 0 Å². The van der Waals surface area contributed by atoms with Crippen molar-refractivity contribution in [2.45, 2.75) is 39.2 Å². The van der Waals surface area contributed by atoms with Crippen LogP contribution >= 0.6 is 0 Å². The summed E-state index contributed by atoms with van der Waals surface area (Å²) in [4.78, 5) is 2.57. The summed E-state index contributed by atoms with van der Waals surface area (Å²) in [5.74, 6) is 0.896. The fourth-order valence-corrected chi connectivity index (χ4v) is 2.09. The number of piperidine rings is 1. The molecule has 2 nitrogen and oxygen atoms in total. The Kier molecular flexibility index (Phi) is 5.20. The van der Waals surface area contributed by atoms with Gasteiger partial charge in [-0.15, -0.1) is 0 Å². The van der Waals surface area contributed by atoms with Crippen molar-refractivity contribution in [3.05, 3.63) is 12.2 Å². The van der Waals surface area contributed by atoms with Crippen LogP contribution in [0.2, 0.25) is 0 Å². The Labute approximate surface area is 88.2 Å². The molecule has 0 spiro atoms. The first-order chi connectivity index (χ1) is 6.74. The highest BCUT2D eigenvalue weighted by Crippen LogP contribution is 2.21. The molecular weight excluding hydrogens is 172 g/mol. The molecule has 2 N–H and O–H groups in total. The fraction of sp³-hybridized carbons (Fsp3) is 0.833. The van der Waals surface area contributed by atoms with Crippen LogP contribution in [0.1, 0.15) is 33.1 Å². The highest BCUT2D eigenvalue weighted by atomic mass is 15.1.